The Hall–Kier alpha value is -0.530. The third-order valence-corrected chi connectivity index (χ3v) is 3.59. The van der Waals surface area contributed by atoms with Gasteiger partial charge in [-0.05, 0) is 32.1 Å². The normalized spacial score (nSPS) is 29.0. The van der Waals surface area contributed by atoms with E-state index in [-0.39, 0.29) is 0 Å². The van der Waals surface area contributed by atoms with Crippen LogP contribution in [-0.2, 0) is 4.79 Å². The van der Waals surface area contributed by atoms with E-state index in [4.69, 9.17) is 0 Å². The zero-order valence-corrected chi connectivity index (χ0v) is 8.46. The molecular weight excluding hydrogens is 162 g/mol. The van der Waals surface area contributed by atoms with Crippen molar-refractivity contribution in [2.75, 3.05) is 6.54 Å². The molecule has 13 heavy (non-hydrogen) atoms. The highest BCUT2D eigenvalue weighted by Crippen LogP contribution is 2.31. The summed E-state index contributed by atoms with van der Waals surface area (Å²) in [6, 6.07) is 0.563. The lowest BCUT2D eigenvalue weighted by Crippen LogP contribution is -2.41. The quantitative estimate of drug-likeness (QED) is 0.639. The first-order valence-corrected chi connectivity index (χ1v) is 5.63. The van der Waals surface area contributed by atoms with Crippen LogP contribution in [0.5, 0.6) is 0 Å². The first kappa shape index (κ1) is 9.04. The molecule has 2 rings (SSSR count). The lowest BCUT2D eigenvalue weighted by Gasteiger charge is -2.32. The molecule has 1 heterocycles. The molecule has 1 atom stereocenters. The van der Waals surface area contributed by atoms with Crippen LogP contribution in [0.3, 0.4) is 0 Å². The molecule has 1 unspecified atom stereocenters. The average Bonchev–Trinajstić information content (AvgIpc) is 2.47. The summed E-state index contributed by atoms with van der Waals surface area (Å²) >= 11 is 0. The number of likely N-dealkylation sites (tertiary alicyclic amines) is 1. The van der Waals surface area contributed by atoms with Crippen LogP contribution in [-0.4, -0.2) is 23.4 Å². The van der Waals surface area contributed by atoms with Crippen molar-refractivity contribution in [1.29, 1.82) is 0 Å². The topological polar surface area (TPSA) is 20.3 Å². The van der Waals surface area contributed by atoms with Gasteiger partial charge in [0.25, 0.3) is 0 Å². The Kier molecular flexibility index (Phi) is 2.56. The molecular formula is C11H19NO. The maximum Gasteiger partial charge on any atom is 0.225 e. The van der Waals surface area contributed by atoms with Gasteiger partial charge in [0.2, 0.25) is 5.91 Å². The fraction of sp³-hybridized carbons (Fsp3) is 0.909. The van der Waals surface area contributed by atoms with Gasteiger partial charge in [0.05, 0.1) is 0 Å². The average molecular weight is 181 g/mol. The van der Waals surface area contributed by atoms with E-state index in [1.807, 2.05) is 0 Å². The van der Waals surface area contributed by atoms with Gasteiger partial charge in [-0.1, -0.05) is 13.3 Å². The van der Waals surface area contributed by atoms with Crippen molar-refractivity contribution in [2.45, 2.75) is 51.5 Å². The standard InChI is InChI=1S/C11H19NO/c1-2-10-7-4-8-12(10)11(13)9-5-3-6-9/h9-10H,2-8H2,1H3. The summed E-state index contributed by atoms with van der Waals surface area (Å²) in [6.45, 7) is 3.21. The van der Waals surface area contributed by atoms with E-state index in [1.165, 1.54) is 19.3 Å². The number of amides is 1. The zero-order chi connectivity index (χ0) is 9.26. The molecule has 0 N–H and O–H groups in total. The summed E-state index contributed by atoms with van der Waals surface area (Å²) in [7, 11) is 0. The Balaban J connectivity index is 1.94. The summed E-state index contributed by atoms with van der Waals surface area (Å²) < 4.78 is 0. The fourth-order valence-corrected chi connectivity index (χ4v) is 2.44. The molecule has 2 heteroatoms. The first-order valence-electron chi connectivity index (χ1n) is 5.63. The van der Waals surface area contributed by atoms with Crippen LogP contribution in [0.15, 0.2) is 0 Å². The van der Waals surface area contributed by atoms with Gasteiger partial charge in [0.15, 0.2) is 0 Å². The molecule has 1 aliphatic heterocycles. The van der Waals surface area contributed by atoms with Gasteiger partial charge in [-0.3, -0.25) is 4.79 Å². The van der Waals surface area contributed by atoms with Crippen LogP contribution in [0.25, 0.3) is 0 Å². The van der Waals surface area contributed by atoms with E-state index >= 15 is 0 Å². The molecule has 0 aromatic carbocycles. The molecule has 0 radical (unpaired) electrons. The number of rotatable bonds is 2. The number of nitrogens with zero attached hydrogens (tertiary/aromatic N) is 1. The van der Waals surface area contributed by atoms with Gasteiger partial charge in [0.1, 0.15) is 0 Å². The van der Waals surface area contributed by atoms with Crippen molar-refractivity contribution in [1.82, 2.24) is 4.90 Å². The maximum atomic E-state index is 11.9. The van der Waals surface area contributed by atoms with Crippen molar-refractivity contribution in [3.05, 3.63) is 0 Å². The highest BCUT2D eigenvalue weighted by atomic mass is 16.2. The second kappa shape index (κ2) is 3.69. The number of hydrogen-bond acceptors (Lipinski definition) is 1. The summed E-state index contributed by atoms with van der Waals surface area (Å²) in [5, 5.41) is 0. The second-order valence-electron chi connectivity index (χ2n) is 4.36. The van der Waals surface area contributed by atoms with Crippen molar-refractivity contribution in [3.63, 3.8) is 0 Å². The Morgan fingerprint density at radius 1 is 1.31 bits per heavy atom. The van der Waals surface area contributed by atoms with E-state index in [0.29, 0.717) is 17.9 Å². The van der Waals surface area contributed by atoms with E-state index in [9.17, 15) is 4.79 Å². The zero-order valence-electron chi connectivity index (χ0n) is 8.46. The van der Waals surface area contributed by atoms with Crippen molar-refractivity contribution >= 4 is 5.91 Å². The Morgan fingerprint density at radius 2 is 2.08 bits per heavy atom. The highest BCUT2D eigenvalue weighted by Gasteiger charge is 2.34. The third-order valence-electron chi connectivity index (χ3n) is 3.59. The SMILES string of the molecule is CCC1CCCN1C(=O)C1CCC1. The van der Waals surface area contributed by atoms with Gasteiger partial charge < -0.3 is 4.90 Å². The van der Waals surface area contributed by atoms with Crippen molar-refractivity contribution < 1.29 is 4.79 Å². The number of carbonyl (C=O) groups is 1. The van der Waals surface area contributed by atoms with E-state index < -0.39 is 0 Å². The van der Waals surface area contributed by atoms with E-state index in [2.05, 4.69) is 11.8 Å². The highest BCUT2D eigenvalue weighted by molar-refractivity contribution is 5.80. The van der Waals surface area contributed by atoms with Gasteiger partial charge in [-0.2, -0.15) is 0 Å². The largest absolute Gasteiger partial charge is 0.339 e. The predicted molar refractivity (Wildman–Crippen MR) is 52.4 cm³/mol. The molecule has 2 aliphatic rings. The lowest BCUT2D eigenvalue weighted by atomic mass is 9.84. The van der Waals surface area contributed by atoms with Crippen molar-refractivity contribution in [3.8, 4) is 0 Å². The molecule has 1 aliphatic carbocycles. The molecule has 0 bridgehead atoms. The van der Waals surface area contributed by atoms with Crippen LogP contribution in [0, 0.1) is 5.92 Å². The molecule has 0 spiro atoms. The first-order chi connectivity index (χ1) is 6.33. The summed E-state index contributed by atoms with van der Waals surface area (Å²) in [5.74, 6) is 0.850. The molecule has 1 amide bonds. The molecule has 2 nitrogen and oxygen atoms in total. The smallest absolute Gasteiger partial charge is 0.225 e. The Labute approximate surface area is 80.3 Å². The Morgan fingerprint density at radius 3 is 2.62 bits per heavy atom. The van der Waals surface area contributed by atoms with Crippen molar-refractivity contribution in [2.24, 2.45) is 5.92 Å². The lowest BCUT2D eigenvalue weighted by molar-refractivity contribution is -0.139. The van der Waals surface area contributed by atoms with E-state index in [1.54, 1.807) is 0 Å². The van der Waals surface area contributed by atoms with E-state index in [0.717, 1.165) is 25.8 Å². The summed E-state index contributed by atoms with van der Waals surface area (Å²) in [4.78, 5) is 14.1. The monoisotopic (exact) mass is 181 g/mol. The minimum atomic E-state index is 0.396. The molecule has 1 saturated heterocycles. The minimum Gasteiger partial charge on any atom is -0.339 e. The number of carbonyl (C=O) groups excluding carboxylic acids is 1. The van der Waals surface area contributed by atoms with Gasteiger partial charge >= 0.3 is 0 Å². The second-order valence-corrected chi connectivity index (χ2v) is 4.36. The Bertz CT molecular complexity index is 198. The van der Waals surface area contributed by atoms with Gasteiger partial charge in [-0.15, -0.1) is 0 Å². The van der Waals surface area contributed by atoms with Gasteiger partial charge in [0, 0.05) is 18.5 Å². The van der Waals surface area contributed by atoms with Crippen LogP contribution in [0.4, 0.5) is 0 Å². The molecule has 0 aromatic rings. The van der Waals surface area contributed by atoms with Crippen LogP contribution in [0.2, 0.25) is 0 Å². The molecule has 1 saturated carbocycles. The van der Waals surface area contributed by atoms with Crippen LogP contribution in [0.1, 0.15) is 45.4 Å². The minimum absolute atomic E-state index is 0.396. The molecule has 2 fully saturated rings. The summed E-state index contributed by atoms with van der Waals surface area (Å²) in [6.07, 6.45) is 7.14. The van der Waals surface area contributed by atoms with Gasteiger partial charge in [-0.25, -0.2) is 0 Å². The number of hydrogen-bond donors (Lipinski definition) is 0. The fourth-order valence-electron chi connectivity index (χ4n) is 2.44. The molecule has 0 aromatic heterocycles. The van der Waals surface area contributed by atoms with Crippen LogP contribution < -0.4 is 0 Å². The van der Waals surface area contributed by atoms with Crippen LogP contribution >= 0.6 is 0 Å². The summed E-state index contributed by atoms with van der Waals surface area (Å²) in [5.41, 5.74) is 0. The molecule has 74 valence electrons. The third kappa shape index (κ3) is 1.59. The maximum absolute atomic E-state index is 11.9. The predicted octanol–water partition coefficient (Wildman–Crippen LogP) is 2.19.